The van der Waals surface area contributed by atoms with Gasteiger partial charge in [0.2, 0.25) is 0 Å². The van der Waals surface area contributed by atoms with Gasteiger partial charge in [-0.05, 0) is 26.2 Å². The van der Waals surface area contributed by atoms with Crippen LogP contribution in [0.5, 0.6) is 0 Å². The fourth-order valence-electron chi connectivity index (χ4n) is 2.19. The molecule has 3 aliphatic rings. The Morgan fingerprint density at radius 2 is 2.17 bits per heavy atom. The van der Waals surface area contributed by atoms with E-state index in [1.54, 1.807) is 0 Å². The van der Waals surface area contributed by atoms with Gasteiger partial charge in [-0.25, -0.2) is 15.0 Å². The number of fused-ring (bicyclic) bond motifs is 1. The van der Waals surface area contributed by atoms with Crippen LogP contribution in [0.2, 0.25) is 0 Å². The third kappa shape index (κ3) is 1.79. The van der Waals surface area contributed by atoms with Gasteiger partial charge in [-0.2, -0.15) is 0 Å². The molecular weight excluding hydrogens is 226 g/mol. The summed E-state index contributed by atoms with van der Waals surface area (Å²) < 4.78 is 2.04. The van der Waals surface area contributed by atoms with Crippen LogP contribution >= 0.6 is 0 Å². The lowest BCUT2D eigenvalue weighted by atomic mass is 10.1. The molecule has 96 valence electrons. The molecule has 0 radical (unpaired) electrons. The van der Waals surface area contributed by atoms with E-state index in [2.05, 4.69) is 28.8 Å². The molecule has 1 aliphatic carbocycles. The summed E-state index contributed by atoms with van der Waals surface area (Å²) in [6.07, 6.45) is 5.12. The van der Waals surface area contributed by atoms with Gasteiger partial charge < -0.3 is 10.3 Å². The lowest BCUT2D eigenvalue weighted by molar-refractivity contribution is 0.649. The van der Waals surface area contributed by atoms with E-state index in [9.17, 15) is 0 Å². The number of imidazole rings is 1. The molecule has 0 amide bonds. The summed E-state index contributed by atoms with van der Waals surface area (Å²) in [6.45, 7) is 5.01. The molecule has 1 unspecified atom stereocenters. The molecular formula is C13H19N5. The van der Waals surface area contributed by atoms with Gasteiger partial charge in [0, 0.05) is 18.5 Å². The summed E-state index contributed by atoms with van der Waals surface area (Å²) in [4.78, 5) is 13.8. The molecule has 0 aromatic carbocycles. The zero-order valence-corrected chi connectivity index (χ0v) is 10.9. The first-order valence-electron chi connectivity index (χ1n) is 6.72. The van der Waals surface area contributed by atoms with Gasteiger partial charge in [-0.15, -0.1) is 0 Å². The summed E-state index contributed by atoms with van der Waals surface area (Å²) in [6, 6.07) is -0.0530. The van der Waals surface area contributed by atoms with Crippen LogP contribution < -0.4 is 5.73 Å². The highest BCUT2D eigenvalue weighted by molar-refractivity contribution is 5.56. The molecule has 1 fully saturated rings. The minimum atomic E-state index is -0.0530. The molecule has 1 atom stereocenters. The van der Waals surface area contributed by atoms with Crippen molar-refractivity contribution in [2.45, 2.75) is 51.6 Å². The van der Waals surface area contributed by atoms with E-state index in [-0.39, 0.29) is 6.04 Å². The smallest absolute Gasteiger partial charge is 0.163 e. The fourth-order valence-corrected chi connectivity index (χ4v) is 2.19. The third-order valence-corrected chi connectivity index (χ3v) is 3.58. The summed E-state index contributed by atoms with van der Waals surface area (Å²) in [5.41, 5.74) is 7.90. The first-order valence-corrected chi connectivity index (χ1v) is 6.72. The van der Waals surface area contributed by atoms with Crippen molar-refractivity contribution in [1.29, 1.82) is 0 Å². The van der Waals surface area contributed by atoms with Crippen molar-refractivity contribution in [1.82, 2.24) is 19.5 Å². The second-order valence-corrected chi connectivity index (χ2v) is 4.96. The molecule has 3 rings (SSSR count). The van der Waals surface area contributed by atoms with E-state index >= 15 is 0 Å². The van der Waals surface area contributed by atoms with E-state index in [0.717, 1.165) is 36.0 Å². The Morgan fingerprint density at radius 3 is 2.78 bits per heavy atom. The quantitative estimate of drug-likeness (QED) is 0.895. The average Bonchev–Trinajstić information content (AvgIpc) is 3.15. The molecule has 5 nitrogen and oxygen atoms in total. The van der Waals surface area contributed by atoms with E-state index in [1.165, 1.54) is 12.8 Å². The summed E-state index contributed by atoms with van der Waals surface area (Å²) >= 11 is 0. The minimum absolute atomic E-state index is 0.0530. The first kappa shape index (κ1) is 11.6. The molecule has 0 spiro atoms. The topological polar surface area (TPSA) is 69.6 Å². The van der Waals surface area contributed by atoms with Crippen molar-refractivity contribution >= 4 is 0 Å². The van der Waals surface area contributed by atoms with E-state index < -0.39 is 0 Å². The molecule has 0 aromatic rings. The van der Waals surface area contributed by atoms with E-state index in [0.29, 0.717) is 5.92 Å². The Bertz CT molecular complexity index is 529. The van der Waals surface area contributed by atoms with Crippen LogP contribution in [0.4, 0.5) is 0 Å². The lowest BCUT2D eigenvalue weighted by Gasteiger charge is -2.14. The van der Waals surface area contributed by atoms with Crippen molar-refractivity contribution in [3.63, 3.8) is 0 Å². The fraction of sp³-hybridized carbons (Fsp3) is 0.615. The minimum Gasteiger partial charge on any atom is -0.323 e. The predicted octanol–water partition coefficient (Wildman–Crippen LogP) is 2.08. The monoisotopic (exact) mass is 245 g/mol. The molecule has 18 heavy (non-hydrogen) atoms. The van der Waals surface area contributed by atoms with Crippen molar-refractivity contribution in [3.05, 3.63) is 17.8 Å². The average molecular weight is 245 g/mol. The number of rotatable bonds is 4. The SMILES string of the molecule is CCC(N)c1ncn(CC)c2nc(C3CC3)nc1-2. The van der Waals surface area contributed by atoms with Crippen molar-refractivity contribution in [3.8, 4) is 11.5 Å². The number of nitrogens with two attached hydrogens (primary N) is 1. The Hall–Kier alpha value is -1.49. The lowest BCUT2D eigenvalue weighted by Crippen LogP contribution is -2.15. The Kier molecular flexibility index (Phi) is 2.78. The van der Waals surface area contributed by atoms with Crippen molar-refractivity contribution in [2.75, 3.05) is 0 Å². The van der Waals surface area contributed by atoms with E-state index in [4.69, 9.17) is 5.73 Å². The van der Waals surface area contributed by atoms with Crippen molar-refractivity contribution in [2.24, 2.45) is 5.73 Å². The molecule has 2 heterocycles. The van der Waals surface area contributed by atoms with E-state index in [1.807, 2.05) is 10.9 Å². The number of nitrogens with zero attached hydrogens (tertiary/aromatic N) is 4. The highest BCUT2D eigenvalue weighted by Gasteiger charge is 2.31. The molecule has 0 bridgehead atoms. The van der Waals surface area contributed by atoms with Gasteiger partial charge >= 0.3 is 0 Å². The third-order valence-electron chi connectivity index (χ3n) is 3.58. The van der Waals surface area contributed by atoms with Gasteiger partial charge in [-0.3, -0.25) is 0 Å². The van der Waals surface area contributed by atoms with Gasteiger partial charge in [0.25, 0.3) is 0 Å². The predicted molar refractivity (Wildman–Crippen MR) is 69.3 cm³/mol. The summed E-state index contributed by atoms with van der Waals surface area (Å²) in [5.74, 6) is 2.48. The Labute approximate surface area is 107 Å². The Balaban J connectivity index is 2.14. The molecule has 0 aromatic heterocycles. The van der Waals surface area contributed by atoms with Gasteiger partial charge in [-0.1, -0.05) is 6.92 Å². The number of hydrogen-bond donors (Lipinski definition) is 1. The highest BCUT2D eigenvalue weighted by atomic mass is 15.1. The van der Waals surface area contributed by atoms with Crippen LogP contribution in [-0.2, 0) is 6.54 Å². The summed E-state index contributed by atoms with van der Waals surface area (Å²) in [7, 11) is 0. The van der Waals surface area contributed by atoms with Crippen molar-refractivity contribution < 1.29 is 0 Å². The van der Waals surface area contributed by atoms with Gasteiger partial charge in [0.15, 0.2) is 5.82 Å². The maximum absolute atomic E-state index is 6.11. The highest BCUT2D eigenvalue weighted by Crippen LogP contribution is 2.40. The number of aryl methyl sites for hydroxylation is 1. The van der Waals surface area contributed by atoms with Gasteiger partial charge in [0.1, 0.15) is 11.5 Å². The second-order valence-electron chi connectivity index (χ2n) is 4.96. The first-order chi connectivity index (χ1) is 8.74. The molecule has 0 saturated heterocycles. The maximum atomic E-state index is 6.11. The van der Waals surface area contributed by atoms with Crippen LogP contribution in [0.3, 0.4) is 0 Å². The van der Waals surface area contributed by atoms with Crippen LogP contribution in [0.1, 0.15) is 56.6 Å². The molecule has 1 saturated carbocycles. The Morgan fingerprint density at radius 1 is 1.39 bits per heavy atom. The zero-order chi connectivity index (χ0) is 12.7. The standard InChI is InChI=1S/C13H19N5/c1-3-9(14)10-11-13(18(4-2)7-15-10)17-12(16-11)8-5-6-8/h7-9H,3-6,14H2,1-2H3. The molecule has 2 aliphatic heterocycles. The normalized spacial score (nSPS) is 17.3. The molecule has 5 heteroatoms. The zero-order valence-electron chi connectivity index (χ0n) is 10.9. The summed E-state index contributed by atoms with van der Waals surface area (Å²) in [5, 5.41) is 0. The number of aromatic nitrogens is 4. The van der Waals surface area contributed by atoms with Crippen LogP contribution in [0.25, 0.3) is 11.5 Å². The van der Waals surface area contributed by atoms with Crippen LogP contribution in [-0.4, -0.2) is 19.5 Å². The number of hydrogen-bond acceptors (Lipinski definition) is 4. The van der Waals surface area contributed by atoms with Crippen LogP contribution in [0, 0.1) is 0 Å². The van der Waals surface area contributed by atoms with Gasteiger partial charge in [0.05, 0.1) is 12.0 Å². The molecule has 2 N–H and O–H groups in total. The second kappa shape index (κ2) is 4.31. The largest absolute Gasteiger partial charge is 0.323 e. The maximum Gasteiger partial charge on any atom is 0.163 e. The van der Waals surface area contributed by atoms with Crippen LogP contribution in [0.15, 0.2) is 6.33 Å².